The number of nitrogens with zero attached hydrogens (tertiary/aromatic N) is 3. The van der Waals surface area contributed by atoms with Crippen LogP contribution in [0, 0.1) is 10.1 Å². The first kappa shape index (κ1) is 19.7. The van der Waals surface area contributed by atoms with Crippen molar-refractivity contribution in [2.75, 3.05) is 39.2 Å². The highest BCUT2D eigenvalue weighted by molar-refractivity contribution is 7.22. The summed E-state index contributed by atoms with van der Waals surface area (Å²) in [6, 6.07) is 11.5. The number of methoxy groups -OCH3 is 1. The summed E-state index contributed by atoms with van der Waals surface area (Å²) in [7, 11) is 5.56. The number of hydrogen-bond donors (Lipinski definition) is 1. The molecule has 0 unspecified atom stereocenters. The number of nitrogens with one attached hydrogen (secondary N) is 1. The summed E-state index contributed by atoms with van der Waals surface area (Å²) < 4.78 is 6.13. The molecule has 0 fully saturated rings. The predicted octanol–water partition coefficient (Wildman–Crippen LogP) is 2.00. The molecule has 0 aliphatic heterocycles. The molecule has 1 amide bonds. The minimum absolute atomic E-state index is 0.0538. The molecule has 0 bridgehead atoms. The standard InChI is InChI=1S/C19H20N4O4S/c1-21(2)10-11-22(18(24)14-6-4-5-7-16(14)23(25)26)19-20-15-9-8-13(27-3)12-17(15)28-19/h4-9,12H,10-11H2,1-3H3/p+1. The van der Waals surface area contributed by atoms with Crippen LogP contribution in [0.1, 0.15) is 10.4 Å². The van der Waals surface area contributed by atoms with Crippen LogP contribution in [0.4, 0.5) is 10.8 Å². The highest BCUT2D eigenvalue weighted by atomic mass is 32.1. The fourth-order valence-electron chi connectivity index (χ4n) is 2.71. The van der Waals surface area contributed by atoms with Gasteiger partial charge >= 0.3 is 0 Å². The number of nitro benzene ring substituents is 1. The van der Waals surface area contributed by atoms with E-state index in [0.717, 1.165) is 15.1 Å². The predicted molar refractivity (Wildman–Crippen MR) is 109 cm³/mol. The monoisotopic (exact) mass is 401 g/mol. The summed E-state index contributed by atoms with van der Waals surface area (Å²) in [5.74, 6) is 0.275. The number of amides is 1. The fourth-order valence-corrected chi connectivity index (χ4v) is 3.73. The zero-order chi connectivity index (χ0) is 20.3. The van der Waals surface area contributed by atoms with E-state index in [9.17, 15) is 14.9 Å². The third-order valence-electron chi connectivity index (χ3n) is 4.23. The van der Waals surface area contributed by atoms with Crippen LogP contribution >= 0.6 is 11.3 Å². The fraction of sp³-hybridized carbons (Fsp3) is 0.263. The lowest BCUT2D eigenvalue weighted by Crippen LogP contribution is -3.06. The summed E-state index contributed by atoms with van der Waals surface area (Å²) in [6.07, 6.45) is 0. The van der Waals surface area contributed by atoms with E-state index in [1.165, 1.54) is 28.4 Å². The van der Waals surface area contributed by atoms with Crippen molar-refractivity contribution < 1.29 is 19.4 Å². The van der Waals surface area contributed by atoms with Gasteiger partial charge in [-0.25, -0.2) is 4.98 Å². The number of ether oxygens (including phenoxy) is 1. The quantitative estimate of drug-likeness (QED) is 0.483. The van der Waals surface area contributed by atoms with Gasteiger partial charge in [-0.15, -0.1) is 0 Å². The highest BCUT2D eigenvalue weighted by Gasteiger charge is 2.27. The number of carbonyl (C=O) groups excluding carboxylic acids is 1. The number of nitro groups is 1. The van der Waals surface area contributed by atoms with E-state index < -0.39 is 10.8 Å². The number of thiazole rings is 1. The Morgan fingerprint density at radius 2 is 2.04 bits per heavy atom. The average Bonchev–Trinajstić information content (AvgIpc) is 3.10. The minimum atomic E-state index is -0.536. The number of rotatable bonds is 7. The molecule has 0 saturated heterocycles. The van der Waals surface area contributed by atoms with E-state index >= 15 is 0 Å². The van der Waals surface area contributed by atoms with E-state index in [-0.39, 0.29) is 11.3 Å². The van der Waals surface area contributed by atoms with Crippen molar-refractivity contribution in [2.45, 2.75) is 0 Å². The molecule has 0 aliphatic carbocycles. The Morgan fingerprint density at radius 3 is 2.71 bits per heavy atom. The van der Waals surface area contributed by atoms with Gasteiger partial charge in [-0.1, -0.05) is 23.5 Å². The molecule has 3 aromatic rings. The van der Waals surface area contributed by atoms with Gasteiger partial charge in [0.25, 0.3) is 11.6 Å². The second-order valence-electron chi connectivity index (χ2n) is 6.52. The second kappa shape index (κ2) is 8.32. The molecule has 2 aromatic carbocycles. The molecule has 0 spiro atoms. The maximum absolute atomic E-state index is 13.2. The van der Waals surface area contributed by atoms with Crippen molar-refractivity contribution in [1.29, 1.82) is 0 Å². The largest absolute Gasteiger partial charge is 0.497 e. The number of quaternary nitrogens is 1. The Bertz CT molecular complexity index is 1020. The summed E-state index contributed by atoms with van der Waals surface area (Å²) in [4.78, 5) is 31.3. The number of fused-ring (bicyclic) bond motifs is 1. The SMILES string of the molecule is COc1ccc2nc(N(CC[NH+](C)C)C(=O)c3ccccc3[N+](=O)[O-])sc2c1. The Kier molecular flexibility index (Phi) is 5.86. The maximum atomic E-state index is 13.2. The minimum Gasteiger partial charge on any atom is -0.497 e. The Hall–Kier alpha value is -3.04. The molecule has 28 heavy (non-hydrogen) atoms. The number of aromatic nitrogens is 1. The van der Waals surface area contributed by atoms with Crippen LogP contribution in [0.25, 0.3) is 10.2 Å². The smallest absolute Gasteiger partial charge is 0.282 e. The molecule has 0 saturated carbocycles. The average molecular weight is 401 g/mol. The van der Waals surface area contributed by atoms with Gasteiger partial charge in [0.15, 0.2) is 5.13 Å². The first-order chi connectivity index (χ1) is 13.4. The van der Waals surface area contributed by atoms with Crippen molar-refractivity contribution in [2.24, 2.45) is 0 Å². The van der Waals surface area contributed by atoms with Gasteiger partial charge < -0.3 is 9.64 Å². The van der Waals surface area contributed by atoms with Gasteiger partial charge in [0.05, 0.1) is 49.4 Å². The maximum Gasteiger partial charge on any atom is 0.282 e. The van der Waals surface area contributed by atoms with Gasteiger partial charge in [-0.05, 0) is 24.3 Å². The van der Waals surface area contributed by atoms with Gasteiger partial charge in [0.1, 0.15) is 11.3 Å². The lowest BCUT2D eigenvalue weighted by molar-refractivity contribution is -0.856. The number of likely N-dealkylation sites (N-methyl/N-ethyl adjacent to an activating group) is 1. The van der Waals surface area contributed by atoms with Gasteiger partial charge in [-0.2, -0.15) is 0 Å². The van der Waals surface area contributed by atoms with Crippen molar-refractivity contribution in [3.63, 3.8) is 0 Å². The number of carbonyl (C=O) groups is 1. The molecular formula is C19H21N4O4S+. The molecule has 8 nitrogen and oxygen atoms in total. The van der Waals surface area contributed by atoms with Crippen molar-refractivity contribution in [3.8, 4) is 5.75 Å². The molecule has 1 N–H and O–H groups in total. The third kappa shape index (κ3) is 4.10. The Balaban J connectivity index is 2.04. The Labute approximate surface area is 166 Å². The van der Waals surface area contributed by atoms with Crippen LogP contribution in [-0.4, -0.2) is 50.1 Å². The van der Waals surface area contributed by atoms with E-state index in [1.54, 1.807) is 19.2 Å². The van der Waals surface area contributed by atoms with E-state index in [0.29, 0.717) is 24.0 Å². The van der Waals surface area contributed by atoms with Crippen LogP contribution in [0.15, 0.2) is 42.5 Å². The van der Waals surface area contributed by atoms with Crippen LogP contribution in [-0.2, 0) is 0 Å². The first-order valence-electron chi connectivity index (χ1n) is 8.69. The summed E-state index contributed by atoms with van der Waals surface area (Å²) in [5, 5.41) is 11.9. The van der Waals surface area contributed by atoms with Crippen LogP contribution < -0.4 is 14.5 Å². The normalized spacial score (nSPS) is 11.0. The molecular weight excluding hydrogens is 380 g/mol. The highest BCUT2D eigenvalue weighted by Crippen LogP contribution is 2.32. The van der Waals surface area contributed by atoms with Gasteiger partial charge in [-0.3, -0.25) is 19.8 Å². The number of anilines is 1. The van der Waals surface area contributed by atoms with Gasteiger partial charge in [0, 0.05) is 6.07 Å². The second-order valence-corrected chi connectivity index (χ2v) is 7.53. The molecule has 1 aromatic heterocycles. The summed E-state index contributed by atoms with van der Waals surface area (Å²) in [6.45, 7) is 1.07. The summed E-state index contributed by atoms with van der Waals surface area (Å²) >= 11 is 1.36. The summed E-state index contributed by atoms with van der Waals surface area (Å²) in [5.41, 5.74) is 0.592. The van der Waals surface area contributed by atoms with E-state index in [1.807, 2.05) is 32.3 Å². The molecule has 0 atom stereocenters. The molecule has 146 valence electrons. The molecule has 0 aliphatic rings. The topological polar surface area (TPSA) is 90.0 Å². The third-order valence-corrected chi connectivity index (χ3v) is 5.27. The number of para-hydroxylation sites is 1. The van der Waals surface area contributed by atoms with Crippen LogP contribution in [0.5, 0.6) is 5.75 Å². The lowest BCUT2D eigenvalue weighted by atomic mass is 10.1. The number of hydrogen-bond acceptors (Lipinski definition) is 6. The van der Waals surface area contributed by atoms with Crippen molar-refractivity contribution in [1.82, 2.24) is 4.98 Å². The zero-order valence-corrected chi connectivity index (χ0v) is 16.7. The Morgan fingerprint density at radius 1 is 1.29 bits per heavy atom. The van der Waals surface area contributed by atoms with Crippen molar-refractivity contribution >= 4 is 38.3 Å². The molecule has 3 rings (SSSR count). The molecule has 9 heteroatoms. The van der Waals surface area contributed by atoms with Crippen LogP contribution in [0.3, 0.4) is 0 Å². The first-order valence-corrected chi connectivity index (χ1v) is 9.51. The zero-order valence-electron chi connectivity index (χ0n) is 15.8. The molecule has 1 heterocycles. The van der Waals surface area contributed by atoms with Gasteiger partial charge in [0.2, 0.25) is 0 Å². The van der Waals surface area contributed by atoms with Crippen molar-refractivity contribution in [3.05, 3.63) is 58.1 Å². The number of benzene rings is 2. The van der Waals surface area contributed by atoms with E-state index in [2.05, 4.69) is 4.98 Å². The molecule has 0 radical (unpaired) electrons. The lowest BCUT2D eigenvalue weighted by Gasteiger charge is -2.20. The van der Waals surface area contributed by atoms with E-state index in [4.69, 9.17) is 4.74 Å². The van der Waals surface area contributed by atoms with Crippen LogP contribution in [0.2, 0.25) is 0 Å².